The number of nitrogens with one attached hydrogen (secondary N) is 1. The number of alkyl carbamates (subject to hydrolysis) is 1. The zero-order valence-corrected chi connectivity index (χ0v) is 18.3. The van der Waals surface area contributed by atoms with Gasteiger partial charge in [-0.05, 0) is 5.75 Å². The molecule has 0 aromatic heterocycles. The second-order valence-corrected chi connectivity index (χ2v) is 9.99. The topological polar surface area (TPSA) is 89.4 Å². The maximum Gasteiger partial charge on any atom is 0.407 e. The van der Waals surface area contributed by atoms with Crippen LogP contribution in [0.25, 0.3) is 0 Å². The number of aliphatic imine (C=N–C) groups is 1. The van der Waals surface area contributed by atoms with Crippen molar-refractivity contribution in [2.75, 3.05) is 58.3 Å². The Morgan fingerprint density at radius 1 is 1.16 bits per heavy atom. The lowest BCUT2D eigenvalue weighted by molar-refractivity contribution is -0.196. The third-order valence-electron chi connectivity index (χ3n) is 2.04. The minimum Gasteiger partial charge on any atom is -0.449 e. The molecule has 25 heavy (non-hydrogen) atoms. The molecule has 0 bridgehead atoms. The van der Waals surface area contributed by atoms with E-state index in [2.05, 4.69) is 17.2 Å². The molecule has 0 aromatic carbocycles. The molecule has 0 aromatic rings. The van der Waals surface area contributed by atoms with Gasteiger partial charge in [0.25, 0.3) is 0 Å². The van der Waals surface area contributed by atoms with Crippen LogP contribution in [-0.4, -0.2) is 75.9 Å². The number of ether oxygens (including phenoxy) is 1. The van der Waals surface area contributed by atoms with Gasteiger partial charge >= 0.3 is 6.09 Å². The summed E-state index contributed by atoms with van der Waals surface area (Å²) in [6.45, 7) is 2.56. The van der Waals surface area contributed by atoms with Crippen molar-refractivity contribution in [3.05, 3.63) is 0 Å². The van der Waals surface area contributed by atoms with E-state index in [-0.39, 0.29) is 6.61 Å². The molecule has 0 aliphatic heterocycles. The average Bonchev–Trinajstić information content (AvgIpc) is 2.62. The van der Waals surface area contributed by atoms with Gasteiger partial charge in [0.1, 0.15) is 12.5 Å². The van der Waals surface area contributed by atoms with Gasteiger partial charge in [0.15, 0.2) is 0 Å². The van der Waals surface area contributed by atoms with Gasteiger partial charge in [-0.25, -0.2) is 9.79 Å². The first kappa shape index (κ1) is 25.4. The summed E-state index contributed by atoms with van der Waals surface area (Å²) in [5.41, 5.74) is 0. The predicted octanol–water partition coefficient (Wildman–Crippen LogP) is 3.15. The Bertz CT molecular complexity index is 329. The maximum atomic E-state index is 11.3. The summed E-state index contributed by atoms with van der Waals surface area (Å²) < 4.78 is 4.99. The number of hydrogen-bond donors (Lipinski definition) is 2. The molecule has 0 unspecified atom stereocenters. The van der Waals surface area contributed by atoms with Crippen molar-refractivity contribution in [2.45, 2.75) is 6.92 Å². The standard InChI is InChI=1S/C13H26N2O5S5/c1-2-21-10-20-19-7-14-8-23-11-25-12-24-9-15-13(17)18-4-6-22-5-3-16/h7,16H,2-6,8-12H2,1H3,(H,15,17). The maximum absolute atomic E-state index is 11.3. The number of nitrogens with zero attached hydrogens (tertiary/aromatic N) is 1. The number of carbonyl (C=O) groups is 1. The van der Waals surface area contributed by atoms with Gasteiger partial charge in [0.05, 0.1) is 18.4 Å². The van der Waals surface area contributed by atoms with Crippen molar-refractivity contribution < 1.29 is 24.4 Å². The molecule has 0 aliphatic rings. The highest BCUT2D eigenvalue weighted by molar-refractivity contribution is 8.22. The van der Waals surface area contributed by atoms with Crippen LogP contribution in [0.4, 0.5) is 4.79 Å². The van der Waals surface area contributed by atoms with E-state index in [1.54, 1.807) is 58.8 Å². The van der Waals surface area contributed by atoms with E-state index in [1.165, 1.54) is 6.40 Å². The van der Waals surface area contributed by atoms with Gasteiger partial charge in [-0.2, -0.15) is 16.6 Å². The highest BCUT2D eigenvalue weighted by Gasteiger charge is 2.00. The van der Waals surface area contributed by atoms with Crippen LogP contribution in [-0.2, 0) is 14.5 Å². The van der Waals surface area contributed by atoms with Crippen LogP contribution >= 0.6 is 58.8 Å². The predicted molar refractivity (Wildman–Crippen MR) is 115 cm³/mol. The van der Waals surface area contributed by atoms with Crippen LogP contribution in [0.15, 0.2) is 4.99 Å². The number of carbonyl (C=O) groups excluding carboxylic acids is 1. The molecular formula is C13H26N2O5S5. The number of hydrogen-bond acceptors (Lipinski definition) is 11. The molecule has 0 fully saturated rings. The number of aliphatic hydroxyl groups is 1. The summed E-state index contributed by atoms with van der Waals surface area (Å²) in [7, 11) is 0. The summed E-state index contributed by atoms with van der Waals surface area (Å²) in [5, 5.41) is 13.1. The van der Waals surface area contributed by atoms with Gasteiger partial charge in [0.2, 0.25) is 6.40 Å². The fraction of sp³-hybridized carbons (Fsp3) is 0.846. The van der Waals surface area contributed by atoms with E-state index >= 15 is 0 Å². The van der Waals surface area contributed by atoms with E-state index in [1.807, 2.05) is 0 Å². The largest absolute Gasteiger partial charge is 0.449 e. The van der Waals surface area contributed by atoms with Crippen LogP contribution in [0.3, 0.4) is 0 Å². The van der Waals surface area contributed by atoms with E-state index in [0.717, 1.165) is 15.9 Å². The Kier molecular flexibility index (Phi) is 22.8. The minimum atomic E-state index is -0.398. The van der Waals surface area contributed by atoms with Gasteiger partial charge in [-0.3, -0.25) is 0 Å². The third kappa shape index (κ3) is 22.4. The van der Waals surface area contributed by atoms with Crippen molar-refractivity contribution in [1.29, 1.82) is 0 Å². The van der Waals surface area contributed by atoms with Crippen LogP contribution < -0.4 is 5.32 Å². The Morgan fingerprint density at radius 3 is 2.80 bits per heavy atom. The smallest absolute Gasteiger partial charge is 0.407 e. The molecule has 0 saturated carbocycles. The average molecular weight is 451 g/mol. The molecule has 1 amide bonds. The quantitative estimate of drug-likeness (QED) is 0.0810. The van der Waals surface area contributed by atoms with Crippen molar-refractivity contribution >= 4 is 71.3 Å². The van der Waals surface area contributed by atoms with E-state index in [4.69, 9.17) is 19.6 Å². The summed E-state index contributed by atoms with van der Waals surface area (Å²) in [5.74, 6) is 4.02. The lowest BCUT2D eigenvalue weighted by Crippen LogP contribution is -2.24. The molecule has 0 aliphatic carbocycles. The van der Waals surface area contributed by atoms with Gasteiger partial charge in [-0.15, -0.1) is 47.0 Å². The van der Waals surface area contributed by atoms with Crippen LogP contribution in [0.1, 0.15) is 6.92 Å². The molecule has 148 valence electrons. The van der Waals surface area contributed by atoms with E-state index in [9.17, 15) is 4.79 Å². The lowest BCUT2D eigenvalue weighted by atomic mass is 10.8. The Balaban J connectivity index is 3.17. The second-order valence-electron chi connectivity index (χ2n) is 3.88. The summed E-state index contributed by atoms with van der Waals surface area (Å²) in [6.07, 6.45) is 0.922. The molecule has 0 heterocycles. The molecule has 12 heteroatoms. The van der Waals surface area contributed by atoms with Gasteiger partial charge in [-0.1, -0.05) is 6.92 Å². The molecule has 0 saturated heterocycles. The van der Waals surface area contributed by atoms with Crippen LogP contribution in [0, 0.1) is 0 Å². The third-order valence-corrected chi connectivity index (χ3v) is 6.98. The first-order valence-corrected chi connectivity index (χ1v) is 13.2. The highest BCUT2D eigenvalue weighted by atomic mass is 32.2. The number of aliphatic hydroxyl groups excluding tert-OH is 1. The van der Waals surface area contributed by atoms with Gasteiger partial charge in [0, 0.05) is 21.7 Å². The Morgan fingerprint density at radius 2 is 2.00 bits per heavy atom. The van der Waals surface area contributed by atoms with Crippen LogP contribution in [0.2, 0.25) is 0 Å². The number of amides is 1. The Hall–Kier alpha value is 0.410. The zero-order valence-electron chi connectivity index (χ0n) is 14.2. The molecule has 0 rings (SSSR count). The Labute approximate surface area is 170 Å². The number of thioether (sulfide) groups is 5. The summed E-state index contributed by atoms with van der Waals surface area (Å²) in [4.78, 5) is 25.0. The first-order valence-electron chi connectivity index (χ1n) is 7.48. The highest BCUT2D eigenvalue weighted by Crippen LogP contribution is 2.17. The fourth-order valence-corrected chi connectivity index (χ4v) is 4.71. The SMILES string of the molecule is CCSCOOC=NCSCSCSCNC(=O)OCCSCCO. The molecule has 0 atom stereocenters. The molecule has 2 N–H and O–H groups in total. The van der Waals surface area contributed by atoms with Crippen LogP contribution in [0.5, 0.6) is 0 Å². The molecular weight excluding hydrogens is 424 g/mol. The lowest BCUT2D eigenvalue weighted by Gasteiger charge is -2.06. The van der Waals surface area contributed by atoms with Crippen molar-refractivity contribution in [3.63, 3.8) is 0 Å². The minimum absolute atomic E-state index is 0.149. The van der Waals surface area contributed by atoms with Crippen molar-refractivity contribution in [1.82, 2.24) is 5.32 Å². The monoisotopic (exact) mass is 450 g/mol. The normalized spacial score (nSPS) is 11.0. The zero-order chi connectivity index (χ0) is 18.4. The number of rotatable bonds is 18. The van der Waals surface area contributed by atoms with E-state index < -0.39 is 6.09 Å². The fourth-order valence-electron chi connectivity index (χ4n) is 1.04. The van der Waals surface area contributed by atoms with Crippen molar-refractivity contribution in [2.24, 2.45) is 4.99 Å². The molecule has 7 nitrogen and oxygen atoms in total. The van der Waals surface area contributed by atoms with Gasteiger partial charge < -0.3 is 20.0 Å². The second kappa shape index (κ2) is 22.5. The molecule has 0 spiro atoms. The van der Waals surface area contributed by atoms with Crippen molar-refractivity contribution in [3.8, 4) is 0 Å². The molecule has 0 radical (unpaired) electrons. The van der Waals surface area contributed by atoms with E-state index in [0.29, 0.717) is 35.8 Å². The summed E-state index contributed by atoms with van der Waals surface area (Å²) in [6, 6.07) is 0. The summed E-state index contributed by atoms with van der Waals surface area (Å²) >= 11 is 8.26. The first-order chi connectivity index (χ1) is 12.3.